The molecule has 2 amide bonds. The van der Waals surface area contributed by atoms with Crippen LogP contribution in [0.2, 0.25) is 0 Å². The Bertz CT molecular complexity index is 1300. The van der Waals surface area contributed by atoms with E-state index < -0.39 is 0 Å². The highest BCUT2D eigenvalue weighted by atomic mass is 16.5. The van der Waals surface area contributed by atoms with E-state index in [1.165, 1.54) is 0 Å². The Hall–Kier alpha value is -4.58. The van der Waals surface area contributed by atoms with Crippen molar-refractivity contribution in [3.63, 3.8) is 0 Å². The molecule has 44 heavy (non-hydrogen) atoms. The Labute approximate surface area is 262 Å². The Morgan fingerprint density at radius 3 is 1.23 bits per heavy atom. The van der Waals surface area contributed by atoms with Gasteiger partial charge in [0.1, 0.15) is 11.5 Å². The third-order valence-corrected chi connectivity index (χ3v) is 7.38. The van der Waals surface area contributed by atoms with Crippen LogP contribution in [0.4, 0.5) is 0 Å². The summed E-state index contributed by atoms with van der Waals surface area (Å²) in [4.78, 5) is 31.3. The van der Waals surface area contributed by atoms with Gasteiger partial charge >= 0.3 is 0 Å². The van der Waals surface area contributed by atoms with E-state index in [4.69, 9.17) is 9.47 Å². The van der Waals surface area contributed by atoms with E-state index in [0.29, 0.717) is 50.5 Å². The summed E-state index contributed by atoms with van der Waals surface area (Å²) >= 11 is 0. The standard InChI is InChI=1S/C38H44N2O4/c1-3-5-27-43-35-21-17-33(18-22-35)37(41)39(29-31-13-9-7-10-14-31)25-26-40(30-32-15-11-8-12-16-32)38(42)34-19-23-36(24-20-34)44-28-6-4-2/h7-24H,3-6,25-30H2,1-2H3. The summed E-state index contributed by atoms with van der Waals surface area (Å²) in [6.45, 7) is 7.19. The second-order valence-corrected chi connectivity index (χ2v) is 10.9. The maximum Gasteiger partial charge on any atom is 0.254 e. The van der Waals surface area contributed by atoms with Crippen LogP contribution in [0.1, 0.15) is 71.4 Å². The molecule has 0 aliphatic rings. The minimum Gasteiger partial charge on any atom is -0.494 e. The van der Waals surface area contributed by atoms with E-state index in [0.717, 1.165) is 48.3 Å². The number of ether oxygens (including phenoxy) is 2. The lowest BCUT2D eigenvalue weighted by atomic mass is 10.1. The van der Waals surface area contributed by atoms with Crippen molar-refractivity contribution < 1.29 is 19.1 Å². The Morgan fingerprint density at radius 1 is 0.523 bits per heavy atom. The first-order valence-corrected chi connectivity index (χ1v) is 15.7. The van der Waals surface area contributed by atoms with E-state index in [2.05, 4.69) is 13.8 Å². The number of benzene rings is 4. The monoisotopic (exact) mass is 592 g/mol. The van der Waals surface area contributed by atoms with Gasteiger partial charge in [0.05, 0.1) is 13.2 Å². The maximum atomic E-state index is 13.8. The zero-order chi connectivity index (χ0) is 31.0. The third-order valence-electron chi connectivity index (χ3n) is 7.38. The Kier molecular flexibility index (Phi) is 12.9. The largest absolute Gasteiger partial charge is 0.494 e. The number of rotatable bonds is 17. The van der Waals surface area contributed by atoms with Gasteiger partial charge in [-0.05, 0) is 72.5 Å². The van der Waals surface area contributed by atoms with Crippen LogP contribution in [-0.4, -0.2) is 47.9 Å². The number of carbonyl (C=O) groups excluding carboxylic acids is 2. The van der Waals surface area contributed by atoms with Gasteiger partial charge < -0.3 is 19.3 Å². The van der Waals surface area contributed by atoms with Crippen molar-refractivity contribution in [2.75, 3.05) is 26.3 Å². The summed E-state index contributed by atoms with van der Waals surface area (Å²) in [5.74, 6) is 1.33. The Morgan fingerprint density at radius 2 is 0.886 bits per heavy atom. The maximum absolute atomic E-state index is 13.8. The Balaban J connectivity index is 1.52. The minimum absolute atomic E-state index is 0.0883. The fraction of sp³-hybridized carbons (Fsp3) is 0.316. The lowest BCUT2D eigenvalue weighted by Crippen LogP contribution is -2.40. The van der Waals surface area contributed by atoms with Crippen LogP contribution >= 0.6 is 0 Å². The molecule has 6 heteroatoms. The van der Waals surface area contributed by atoms with E-state index in [9.17, 15) is 9.59 Å². The van der Waals surface area contributed by atoms with Crippen molar-refractivity contribution in [1.82, 2.24) is 9.80 Å². The predicted octanol–water partition coefficient (Wildman–Crippen LogP) is 8.03. The van der Waals surface area contributed by atoms with Crippen molar-refractivity contribution in [3.05, 3.63) is 131 Å². The average Bonchev–Trinajstić information content (AvgIpc) is 3.07. The molecule has 0 unspecified atom stereocenters. The zero-order valence-corrected chi connectivity index (χ0v) is 26.0. The molecule has 0 bridgehead atoms. The second-order valence-electron chi connectivity index (χ2n) is 10.9. The number of carbonyl (C=O) groups is 2. The van der Waals surface area contributed by atoms with Gasteiger partial charge in [0.2, 0.25) is 0 Å². The lowest BCUT2D eigenvalue weighted by Gasteiger charge is -2.29. The summed E-state index contributed by atoms with van der Waals surface area (Å²) in [6, 6.07) is 34.6. The topological polar surface area (TPSA) is 59.1 Å². The summed E-state index contributed by atoms with van der Waals surface area (Å²) in [5.41, 5.74) is 3.23. The van der Waals surface area contributed by atoms with Gasteiger partial charge in [-0.1, -0.05) is 87.4 Å². The number of unbranched alkanes of at least 4 members (excludes halogenated alkanes) is 2. The first kappa shape index (κ1) is 32.3. The highest BCUT2D eigenvalue weighted by Gasteiger charge is 2.21. The molecule has 0 saturated heterocycles. The molecular formula is C38H44N2O4. The van der Waals surface area contributed by atoms with Crippen LogP contribution in [0.15, 0.2) is 109 Å². The van der Waals surface area contributed by atoms with Crippen molar-refractivity contribution in [2.24, 2.45) is 0 Å². The number of hydrogen-bond donors (Lipinski definition) is 0. The van der Waals surface area contributed by atoms with Crippen molar-refractivity contribution in [1.29, 1.82) is 0 Å². The van der Waals surface area contributed by atoms with Gasteiger partial charge in [-0.15, -0.1) is 0 Å². The van der Waals surface area contributed by atoms with Gasteiger partial charge in [-0.2, -0.15) is 0 Å². The molecule has 4 aromatic carbocycles. The van der Waals surface area contributed by atoms with E-state index in [1.54, 1.807) is 0 Å². The van der Waals surface area contributed by atoms with E-state index in [1.807, 2.05) is 119 Å². The molecular weight excluding hydrogens is 548 g/mol. The number of amides is 2. The molecule has 0 aromatic heterocycles. The molecule has 4 aromatic rings. The summed E-state index contributed by atoms with van der Waals surface area (Å²) in [5, 5.41) is 0. The van der Waals surface area contributed by atoms with Gasteiger partial charge in [0.25, 0.3) is 11.8 Å². The van der Waals surface area contributed by atoms with Crippen LogP contribution in [-0.2, 0) is 13.1 Å². The van der Waals surface area contributed by atoms with Crippen LogP contribution in [0, 0.1) is 0 Å². The van der Waals surface area contributed by atoms with Gasteiger partial charge in [-0.3, -0.25) is 9.59 Å². The fourth-order valence-corrected chi connectivity index (χ4v) is 4.78. The van der Waals surface area contributed by atoms with Crippen molar-refractivity contribution in [2.45, 2.75) is 52.6 Å². The zero-order valence-electron chi connectivity index (χ0n) is 26.0. The first-order valence-electron chi connectivity index (χ1n) is 15.7. The molecule has 0 spiro atoms. The van der Waals surface area contributed by atoms with Crippen molar-refractivity contribution in [3.8, 4) is 11.5 Å². The predicted molar refractivity (Wildman–Crippen MR) is 176 cm³/mol. The molecule has 0 saturated carbocycles. The molecule has 0 heterocycles. The van der Waals surface area contributed by atoms with Crippen LogP contribution in [0.25, 0.3) is 0 Å². The molecule has 6 nitrogen and oxygen atoms in total. The lowest BCUT2D eigenvalue weighted by molar-refractivity contribution is 0.0644. The van der Waals surface area contributed by atoms with Gasteiger partial charge in [0, 0.05) is 37.3 Å². The molecule has 0 atom stereocenters. The highest BCUT2D eigenvalue weighted by molar-refractivity contribution is 5.95. The molecule has 230 valence electrons. The summed E-state index contributed by atoms with van der Waals surface area (Å²) < 4.78 is 11.6. The summed E-state index contributed by atoms with van der Waals surface area (Å²) in [6.07, 6.45) is 4.10. The smallest absolute Gasteiger partial charge is 0.254 e. The molecule has 4 rings (SSSR count). The molecule has 0 fully saturated rings. The number of nitrogens with zero attached hydrogens (tertiary/aromatic N) is 2. The normalized spacial score (nSPS) is 10.7. The second kappa shape index (κ2) is 17.5. The molecule has 0 aliphatic carbocycles. The van der Waals surface area contributed by atoms with E-state index >= 15 is 0 Å². The van der Waals surface area contributed by atoms with Crippen LogP contribution in [0.5, 0.6) is 11.5 Å². The van der Waals surface area contributed by atoms with E-state index in [-0.39, 0.29) is 11.8 Å². The highest BCUT2D eigenvalue weighted by Crippen LogP contribution is 2.19. The van der Waals surface area contributed by atoms with Gasteiger partial charge in [-0.25, -0.2) is 0 Å². The van der Waals surface area contributed by atoms with Crippen LogP contribution in [0.3, 0.4) is 0 Å². The minimum atomic E-state index is -0.0883. The fourth-order valence-electron chi connectivity index (χ4n) is 4.78. The SMILES string of the molecule is CCCCOc1ccc(C(=O)N(CCN(Cc2ccccc2)C(=O)c2ccc(OCCCC)cc2)Cc2ccccc2)cc1. The summed E-state index contributed by atoms with van der Waals surface area (Å²) in [7, 11) is 0. The van der Waals surface area contributed by atoms with Gasteiger partial charge in [0.15, 0.2) is 0 Å². The molecule has 0 radical (unpaired) electrons. The first-order chi connectivity index (χ1) is 21.6. The number of hydrogen-bond acceptors (Lipinski definition) is 4. The average molecular weight is 593 g/mol. The molecule has 0 N–H and O–H groups in total. The van der Waals surface area contributed by atoms with Crippen molar-refractivity contribution >= 4 is 11.8 Å². The van der Waals surface area contributed by atoms with Crippen LogP contribution < -0.4 is 9.47 Å². The third kappa shape index (κ3) is 10.0. The molecule has 0 aliphatic heterocycles. The quantitative estimate of drug-likeness (QED) is 0.117.